The van der Waals surface area contributed by atoms with Gasteiger partial charge in [0.2, 0.25) is 0 Å². The molecule has 48 heavy (non-hydrogen) atoms. The van der Waals surface area contributed by atoms with Gasteiger partial charge in [-0.1, -0.05) is 109 Å². The van der Waals surface area contributed by atoms with Crippen LogP contribution in [0.3, 0.4) is 0 Å². The third-order valence-corrected chi connectivity index (χ3v) is 9.46. The smallest absolute Gasteiger partial charge is 0.124 e. The van der Waals surface area contributed by atoms with E-state index in [1.165, 1.54) is 37.9 Å². The zero-order valence-electron chi connectivity index (χ0n) is 26.3. The summed E-state index contributed by atoms with van der Waals surface area (Å²) in [5.41, 5.74) is 8.28. The highest BCUT2D eigenvalue weighted by Crippen LogP contribution is 2.38. The van der Waals surface area contributed by atoms with E-state index in [9.17, 15) is 5.11 Å². The standard InChI is InChI=1S/C44H30N2O2/c1-48-26-31-24-30-19-22-40(45-43(30)44-32(31)21-23-41(46-44)38-12-6-7-13-42(38)47)28-16-14-27(15-17-28)29-18-20-37-35-10-3-2-8-33(35)34-9-4-5-11-36(34)39(37)25-29/h2-25,47H,26H2,1H3. The third-order valence-electron chi connectivity index (χ3n) is 9.46. The fraction of sp³-hybridized carbons (Fsp3) is 0.0455. The van der Waals surface area contributed by atoms with Gasteiger partial charge in [-0.05, 0) is 85.4 Å². The minimum absolute atomic E-state index is 0.198. The maximum absolute atomic E-state index is 10.6. The topological polar surface area (TPSA) is 55.2 Å². The van der Waals surface area contributed by atoms with Crippen molar-refractivity contribution < 1.29 is 9.84 Å². The molecule has 0 radical (unpaired) electrons. The van der Waals surface area contributed by atoms with E-state index in [2.05, 4.69) is 115 Å². The number of ether oxygens (including phenoxy) is 1. The molecule has 0 saturated heterocycles. The molecule has 0 saturated carbocycles. The first-order valence-electron chi connectivity index (χ1n) is 16.1. The molecule has 4 heteroatoms. The zero-order chi connectivity index (χ0) is 32.2. The molecule has 9 rings (SSSR count). The summed E-state index contributed by atoms with van der Waals surface area (Å²) in [4.78, 5) is 10.2. The van der Waals surface area contributed by atoms with Crippen LogP contribution in [-0.4, -0.2) is 22.2 Å². The molecule has 9 aromatic rings. The first kappa shape index (κ1) is 28.1. The lowest BCUT2D eigenvalue weighted by Crippen LogP contribution is -1.96. The lowest BCUT2D eigenvalue weighted by Gasteiger charge is -2.13. The molecule has 4 nitrogen and oxygen atoms in total. The molecule has 228 valence electrons. The Kier molecular flexibility index (Phi) is 6.63. The van der Waals surface area contributed by atoms with E-state index < -0.39 is 0 Å². The Morgan fingerprint density at radius 3 is 1.75 bits per heavy atom. The number of rotatable bonds is 5. The van der Waals surface area contributed by atoms with Gasteiger partial charge in [0.25, 0.3) is 0 Å². The van der Waals surface area contributed by atoms with Crippen molar-refractivity contribution in [2.45, 2.75) is 6.61 Å². The first-order chi connectivity index (χ1) is 23.7. The fourth-order valence-electron chi connectivity index (χ4n) is 7.14. The number of aromatic hydroxyl groups is 1. The predicted octanol–water partition coefficient (Wildman–Crippen LogP) is 11.1. The van der Waals surface area contributed by atoms with Crippen LogP contribution in [0, 0.1) is 0 Å². The summed E-state index contributed by atoms with van der Waals surface area (Å²) in [6.45, 7) is 0.466. The number of aromatic nitrogens is 2. The Morgan fingerprint density at radius 1 is 0.479 bits per heavy atom. The number of pyridine rings is 2. The lowest BCUT2D eigenvalue weighted by molar-refractivity contribution is 0.186. The van der Waals surface area contributed by atoms with Gasteiger partial charge in [0, 0.05) is 29.0 Å². The summed E-state index contributed by atoms with van der Waals surface area (Å²) < 4.78 is 5.54. The molecular weight excluding hydrogens is 588 g/mol. The van der Waals surface area contributed by atoms with Gasteiger partial charge >= 0.3 is 0 Å². The Hall–Kier alpha value is -6.10. The maximum Gasteiger partial charge on any atom is 0.124 e. The van der Waals surface area contributed by atoms with Gasteiger partial charge in [0.15, 0.2) is 0 Å². The van der Waals surface area contributed by atoms with Crippen molar-refractivity contribution in [3.63, 3.8) is 0 Å². The van der Waals surface area contributed by atoms with Gasteiger partial charge in [-0.25, -0.2) is 9.97 Å². The maximum atomic E-state index is 10.6. The van der Waals surface area contributed by atoms with Crippen molar-refractivity contribution in [3.8, 4) is 39.4 Å². The van der Waals surface area contributed by atoms with Crippen LogP contribution in [0.2, 0.25) is 0 Å². The number of hydrogen-bond acceptors (Lipinski definition) is 4. The molecule has 0 aliphatic heterocycles. The second kappa shape index (κ2) is 11.3. The molecular formula is C44H30N2O2. The van der Waals surface area contributed by atoms with Gasteiger partial charge in [-0.3, -0.25) is 0 Å². The number of para-hydroxylation sites is 1. The molecule has 0 atom stereocenters. The molecule has 0 bridgehead atoms. The Balaban J connectivity index is 1.14. The molecule has 0 spiro atoms. The molecule has 0 aliphatic carbocycles. The molecule has 0 unspecified atom stereocenters. The zero-order valence-corrected chi connectivity index (χ0v) is 26.3. The quantitative estimate of drug-likeness (QED) is 0.195. The molecule has 0 fully saturated rings. The van der Waals surface area contributed by atoms with E-state index in [-0.39, 0.29) is 5.75 Å². The van der Waals surface area contributed by atoms with Crippen LogP contribution in [-0.2, 0) is 11.3 Å². The summed E-state index contributed by atoms with van der Waals surface area (Å²) in [6, 6.07) is 50.4. The SMILES string of the molecule is COCc1cc2ccc(-c3ccc(-c4ccc5c6ccccc6c6ccccc6c5c4)cc3)nc2c2nc(-c3ccccc3O)ccc12. The van der Waals surface area contributed by atoms with Crippen molar-refractivity contribution in [1.29, 1.82) is 0 Å². The van der Waals surface area contributed by atoms with Crippen molar-refractivity contribution in [3.05, 3.63) is 151 Å². The van der Waals surface area contributed by atoms with E-state index in [0.717, 1.165) is 44.2 Å². The number of phenolic OH excluding ortho intramolecular Hbond substituents is 1. The van der Waals surface area contributed by atoms with Crippen molar-refractivity contribution in [1.82, 2.24) is 9.97 Å². The first-order valence-corrected chi connectivity index (χ1v) is 16.1. The van der Waals surface area contributed by atoms with Crippen LogP contribution in [0.1, 0.15) is 5.56 Å². The number of nitrogens with zero attached hydrogens (tertiary/aromatic N) is 2. The van der Waals surface area contributed by atoms with E-state index in [1.54, 1.807) is 13.2 Å². The van der Waals surface area contributed by atoms with Gasteiger partial charge in [0.1, 0.15) is 5.75 Å². The van der Waals surface area contributed by atoms with Gasteiger partial charge < -0.3 is 9.84 Å². The second-order valence-electron chi connectivity index (χ2n) is 12.3. The Bertz CT molecular complexity index is 2660. The minimum atomic E-state index is 0.198. The third kappa shape index (κ3) is 4.57. The molecule has 2 aromatic heterocycles. The number of methoxy groups -OCH3 is 1. The normalized spacial score (nSPS) is 11.7. The highest BCUT2D eigenvalue weighted by molar-refractivity contribution is 6.25. The summed E-state index contributed by atoms with van der Waals surface area (Å²) in [5, 5.41) is 20.2. The fourth-order valence-corrected chi connectivity index (χ4v) is 7.14. The predicted molar refractivity (Wildman–Crippen MR) is 198 cm³/mol. The van der Waals surface area contributed by atoms with Gasteiger partial charge in [-0.2, -0.15) is 0 Å². The largest absolute Gasteiger partial charge is 0.507 e. The van der Waals surface area contributed by atoms with E-state index in [0.29, 0.717) is 17.9 Å². The van der Waals surface area contributed by atoms with Gasteiger partial charge in [0.05, 0.1) is 29.0 Å². The number of hydrogen-bond donors (Lipinski definition) is 1. The van der Waals surface area contributed by atoms with Crippen molar-refractivity contribution in [2.24, 2.45) is 0 Å². The van der Waals surface area contributed by atoms with E-state index in [1.807, 2.05) is 24.3 Å². The monoisotopic (exact) mass is 618 g/mol. The van der Waals surface area contributed by atoms with E-state index >= 15 is 0 Å². The Morgan fingerprint density at radius 2 is 1.04 bits per heavy atom. The Labute approximate surface area is 277 Å². The van der Waals surface area contributed by atoms with Crippen LogP contribution in [0.25, 0.3) is 87.8 Å². The summed E-state index contributed by atoms with van der Waals surface area (Å²) in [6.07, 6.45) is 0. The summed E-state index contributed by atoms with van der Waals surface area (Å²) in [5.74, 6) is 0.198. The van der Waals surface area contributed by atoms with Gasteiger partial charge in [-0.15, -0.1) is 0 Å². The average Bonchev–Trinajstić information content (AvgIpc) is 3.15. The number of phenols is 1. The average molecular weight is 619 g/mol. The van der Waals surface area contributed by atoms with Crippen LogP contribution < -0.4 is 0 Å². The van der Waals surface area contributed by atoms with Crippen LogP contribution >= 0.6 is 0 Å². The summed E-state index contributed by atoms with van der Waals surface area (Å²) >= 11 is 0. The number of fused-ring (bicyclic) bond motifs is 9. The second-order valence-corrected chi connectivity index (χ2v) is 12.3. The van der Waals surface area contributed by atoms with Crippen molar-refractivity contribution >= 4 is 54.1 Å². The summed E-state index contributed by atoms with van der Waals surface area (Å²) in [7, 11) is 1.70. The van der Waals surface area contributed by atoms with Crippen LogP contribution in [0.5, 0.6) is 5.75 Å². The number of benzene rings is 7. The molecule has 2 heterocycles. The molecule has 7 aromatic carbocycles. The molecule has 0 amide bonds. The highest BCUT2D eigenvalue weighted by atomic mass is 16.5. The molecule has 1 N–H and O–H groups in total. The van der Waals surface area contributed by atoms with E-state index in [4.69, 9.17) is 14.7 Å². The minimum Gasteiger partial charge on any atom is -0.507 e. The van der Waals surface area contributed by atoms with Crippen LogP contribution in [0.15, 0.2) is 146 Å². The van der Waals surface area contributed by atoms with Crippen molar-refractivity contribution in [2.75, 3.05) is 7.11 Å². The van der Waals surface area contributed by atoms with Crippen LogP contribution in [0.4, 0.5) is 0 Å². The highest BCUT2D eigenvalue weighted by Gasteiger charge is 2.15. The lowest BCUT2D eigenvalue weighted by atomic mass is 9.92. The molecule has 0 aliphatic rings.